The lowest BCUT2D eigenvalue weighted by Gasteiger charge is -2.29. The Bertz CT molecular complexity index is 1260. The van der Waals surface area contributed by atoms with Crippen LogP contribution in [0.5, 0.6) is 5.75 Å². The van der Waals surface area contributed by atoms with Gasteiger partial charge in [0, 0.05) is 11.3 Å². The Kier molecular flexibility index (Phi) is 8.92. The lowest BCUT2D eigenvalue weighted by molar-refractivity contribution is -0.138. The van der Waals surface area contributed by atoms with Crippen molar-refractivity contribution in [1.82, 2.24) is 5.32 Å². The van der Waals surface area contributed by atoms with E-state index in [1.807, 2.05) is 0 Å². The second-order valence-corrected chi connectivity index (χ2v) is 8.71. The number of allylic oxidation sites excluding steroid dienone is 2. The summed E-state index contributed by atoms with van der Waals surface area (Å²) in [7, 11) is 2.85. The topological polar surface area (TPSA) is 115 Å². The first-order valence-electron chi connectivity index (χ1n) is 11.1. The number of carbonyl (C=O) groups is 3. The molecule has 0 bridgehead atoms. The van der Waals surface area contributed by atoms with E-state index < -0.39 is 17.9 Å². The SMILES string of the molecule is CCOC(=O)C1=C(C)NC(SCC(=O)c2ccc(OC)cc2)=C(C#N)C1c1ccc(C(=O)OC)cc1. The molecule has 9 heteroatoms. The number of Topliss-reactive ketones (excluding diaryl/α,β-unsaturated/α-hetero) is 1. The molecule has 0 fully saturated rings. The fourth-order valence-corrected chi connectivity index (χ4v) is 4.75. The van der Waals surface area contributed by atoms with Gasteiger partial charge < -0.3 is 19.5 Å². The van der Waals surface area contributed by atoms with Crippen molar-refractivity contribution in [3.63, 3.8) is 0 Å². The first kappa shape index (κ1) is 26.6. The average molecular weight is 507 g/mol. The van der Waals surface area contributed by atoms with Crippen LogP contribution in [0.3, 0.4) is 0 Å². The largest absolute Gasteiger partial charge is 0.497 e. The predicted octanol–water partition coefficient (Wildman–Crippen LogP) is 4.36. The number of hydrogen-bond acceptors (Lipinski definition) is 9. The quantitative estimate of drug-likeness (QED) is 0.391. The average Bonchev–Trinajstić information content (AvgIpc) is 2.90. The van der Waals surface area contributed by atoms with Gasteiger partial charge in [0.05, 0.1) is 60.3 Å². The number of nitriles is 1. The van der Waals surface area contributed by atoms with E-state index in [-0.39, 0.29) is 23.7 Å². The highest BCUT2D eigenvalue weighted by atomic mass is 32.2. The van der Waals surface area contributed by atoms with E-state index in [9.17, 15) is 19.6 Å². The van der Waals surface area contributed by atoms with Crippen molar-refractivity contribution >= 4 is 29.5 Å². The fraction of sp³-hybridized carbons (Fsp3) is 0.259. The van der Waals surface area contributed by atoms with Gasteiger partial charge in [0.2, 0.25) is 0 Å². The number of hydrogen-bond donors (Lipinski definition) is 1. The molecular formula is C27H26N2O6S. The van der Waals surface area contributed by atoms with Crippen molar-refractivity contribution in [2.75, 3.05) is 26.6 Å². The summed E-state index contributed by atoms with van der Waals surface area (Å²) in [5.41, 5.74) is 2.59. The zero-order valence-electron chi connectivity index (χ0n) is 20.4. The normalized spacial score (nSPS) is 15.0. The van der Waals surface area contributed by atoms with E-state index in [1.165, 1.54) is 18.9 Å². The van der Waals surface area contributed by atoms with Gasteiger partial charge in [-0.05, 0) is 55.8 Å². The number of dihydropyridines is 1. The molecule has 3 rings (SSSR count). The highest BCUT2D eigenvalue weighted by molar-refractivity contribution is 8.03. The first-order valence-corrected chi connectivity index (χ1v) is 12.1. The van der Waals surface area contributed by atoms with Crippen LogP contribution in [-0.4, -0.2) is 44.3 Å². The molecule has 0 saturated carbocycles. The van der Waals surface area contributed by atoms with Crippen LogP contribution in [0.4, 0.5) is 0 Å². The van der Waals surface area contributed by atoms with E-state index in [2.05, 4.69) is 11.4 Å². The van der Waals surface area contributed by atoms with Gasteiger partial charge in [-0.25, -0.2) is 9.59 Å². The van der Waals surface area contributed by atoms with Crippen molar-refractivity contribution in [3.8, 4) is 11.8 Å². The van der Waals surface area contributed by atoms with Crippen LogP contribution in [0.15, 0.2) is 70.4 Å². The Hall–Kier alpha value is -4.03. The van der Waals surface area contributed by atoms with Crippen molar-refractivity contribution in [2.45, 2.75) is 19.8 Å². The van der Waals surface area contributed by atoms with E-state index in [0.717, 1.165) is 0 Å². The minimum atomic E-state index is -0.736. The lowest BCUT2D eigenvalue weighted by Crippen LogP contribution is -2.29. The Labute approximate surface area is 213 Å². The molecule has 1 aliphatic rings. The molecule has 8 nitrogen and oxygen atoms in total. The number of rotatable bonds is 9. The molecule has 0 spiro atoms. The van der Waals surface area contributed by atoms with E-state index >= 15 is 0 Å². The zero-order valence-corrected chi connectivity index (χ0v) is 21.2. The summed E-state index contributed by atoms with van der Waals surface area (Å²) in [5.74, 6) is -1.16. The number of esters is 2. The molecule has 0 aliphatic carbocycles. The summed E-state index contributed by atoms with van der Waals surface area (Å²) in [6.45, 7) is 3.60. The molecule has 0 saturated heterocycles. The molecular weight excluding hydrogens is 480 g/mol. The number of carbonyl (C=O) groups excluding carboxylic acids is 3. The van der Waals surface area contributed by atoms with Gasteiger partial charge in [0.25, 0.3) is 0 Å². The van der Waals surface area contributed by atoms with Gasteiger partial charge >= 0.3 is 11.9 Å². The predicted molar refractivity (Wildman–Crippen MR) is 135 cm³/mol. The summed E-state index contributed by atoms with van der Waals surface area (Å²) in [6, 6.07) is 15.5. The van der Waals surface area contributed by atoms with Crippen molar-refractivity contribution in [1.29, 1.82) is 5.26 Å². The Morgan fingerprint density at radius 3 is 2.19 bits per heavy atom. The summed E-state index contributed by atoms with van der Waals surface area (Å²) in [5, 5.41) is 13.7. The van der Waals surface area contributed by atoms with E-state index in [4.69, 9.17) is 14.2 Å². The molecule has 0 amide bonds. The van der Waals surface area contributed by atoms with Gasteiger partial charge in [-0.1, -0.05) is 23.9 Å². The smallest absolute Gasteiger partial charge is 0.337 e. The van der Waals surface area contributed by atoms with E-state index in [0.29, 0.717) is 38.7 Å². The molecule has 0 aromatic heterocycles. The lowest BCUT2D eigenvalue weighted by atomic mass is 9.82. The highest BCUT2D eigenvalue weighted by Crippen LogP contribution is 2.41. The number of thioether (sulfide) groups is 1. The first-order chi connectivity index (χ1) is 17.3. The number of nitrogens with zero attached hydrogens (tertiary/aromatic N) is 1. The van der Waals surface area contributed by atoms with Crippen molar-refractivity contribution < 1.29 is 28.6 Å². The molecule has 186 valence electrons. The molecule has 1 unspecified atom stereocenters. The maximum absolute atomic E-state index is 12.9. The standard InChI is InChI=1S/C27H26N2O6S/c1-5-35-27(32)23-16(2)29-25(36-15-22(30)17-10-12-20(33-3)13-11-17)21(14-28)24(23)18-6-8-19(9-7-18)26(31)34-4/h6-13,24,29H,5,15H2,1-4H3. The second kappa shape index (κ2) is 12.1. The third-order valence-corrected chi connectivity index (χ3v) is 6.58. The molecule has 1 aliphatic heterocycles. The van der Waals surface area contributed by atoms with E-state index in [1.54, 1.807) is 69.5 Å². The number of methoxy groups -OCH3 is 2. The number of nitrogens with one attached hydrogen (secondary N) is 1. The van der Waals surface area contributed by atoms with Gasteiger partial charge in [-0.2, -0.15) is 5.26 Å². The molecule has 36 heavy (non-hydrogen) atoms. The number of ether oxygens (including phenoxy) is 3. The molecule has 2 aromatic rings. The van der Waals surface area contributed by atoms with Crippen LogP contribution in [0.25, 0.3) is 0 Å². The maximum Gasteiger partial charge on any atom is 0.337 e. The monoisotopic (exact) mass is 506 g/mol. The summed E-state index contributed by atoms with van der Waals surface area (Å²) < 4.78 is 15.2. The second-order valence-electron chi connectivity index (χ2n) is 7.73. The summed E-state index contributed by atoms with van der Waals surface area (Å²) in [4.78, 5) is 37.5. The Morgan fingerprint density at radius 2 is 1.64 bits per heavy atom. The van der Waals surface area contributed by atoms with Crippen LogP contribution < -0.4 is 10.1 Å². The maximum atomic E-state index is 12.9. The van der Waals surface area contributed by atoms with Gasteiger partial charge in [-0.15, -0.1) is 0 Å². The number of benzene rings is 2. The van der Waals surface area contributed by atoms with Crippen LogP contribution in [0.1, 0.15) is 46.0 Å². The Balaban J connectivity index is 1.96. The van der Waals surface area contributed by atoms with Crippen molar-refractivity contribution in [3.05, 3.63) is 87.1 Å². The van der Waals surface area contributed by atoms with Crippen LogP contribution in [-0.2, 0) is 14.3 Å². The molecule has 1 atom stereocenters. The Morgan fingerprint density at radius 1 is 1.00 bits per heavy atom. The zero-order chi connectivity index (χ0) is 26.2. The summed E-state index contributed by atoms with van der Waals surface area (Å²) in [6.07, 6.45) is 0. The third kappa shape index (κ3) is 5.78. The minimum absolute atomic E-state index is 0.0792. The molecule has 2 aromatic carbocycles. The third-order valence-electron chi connectivity index (χ3n) is 5.57. The van der Waals surface area contributed by atoms with Gasteiger partial charge in [0.15, 0.2) is 5.78 Å². The molecule has 1 heterocycles. The fourth-order valence-electron chi connectivity index (χ4n) is 3.77. The summed E-state index contributed by atoms with van der Waals surface area (Å²) >= 11 is 1.19. The molecule has 1 N–H and O–H groups in total. The van der Waals surface area contributed by atoms with Crippen molar-refractivity contribution in [2.24, 2.45) is 0 Å². The van der Waals surface area contributed by atoms with Crippen LogP contribution in [0.2, 0.25) is 0 Å². The highest BCUT2D eigenvalue weighted by Gasteiger charge is 2.35. The van der Waals surface area contributed by atoms with Gasteiger partial charge in [-0.3, -0.25) is 4.79 Å². The van der Waals surface area contributed by atoms with Gasteiger partial charge in [0.1, 0.15) is 5.75 Å². The number of ketones is 1. The van der Waals surface area contributed by atoms with Crippen LogP contribution >= 0.6 is 11.8 Å². The molecule has 0 radical (unpaired) electrons. The minimum Gasteiger partial charge on any atom is -0.497 e. The van der Waals surface area contributed by atoms with Crippen LogP contribution in [0, 0.1) is 11.3 Å².